The Balaban J connectivity index is 2.19. The summed E-state index contributed by atoms with van der Waals surface area (Å²) in [5.41, 5.74) is 6.43. The lowest BCUT2D eigenvalue weighted by Gasteiger charge is -2.07. The maximum absolute atomic E-state index is 6.05. The van der Waals surface area contributed by atoms with E-state index in [2.05, 4.69) is 11.9 Å². The van der Waals surface area contributed by atoms with Gasteiger partial charge >= 0.3 is 0 Å². The van der Waals surface area contributed by atoms with E-state index in [1.807, 2.05) is 6.07 Å². The zero-order chi connectivity index (χ0) is 13.2. The number of nitrogens with two attached hydrogens (primary N) is 1. The minimum absolute atomic E-state index is 0.449. The van der Waals surface area contributed by atoms with Gasteiger partial charge in [0.1, 0.15) is 5.02 Å². The molecule has 1 heterocycles. The molecule has 4 heteroatoms. The van der Waals surface area contributed by atoms with Crippen LogP contribution in [0.25, 0.3) is 0 Å². The summed E-state index contributed by atoms with van der Waals surface area (Å²) in [7, 11) is 0. The molecule has 0 saturated heterocycles. The minimum Gasteiger partial charge on any atom is -0.477 e. The highest BCUT2D eigenvalue weighted by atomic mass is 35.5. The Kier molecular flexibility index (Phi) is 7.78. The van der Waals surface area contributed by atoms with Gasteiger partial charge in [-0.25, -0.2) is 4.98 Å². The summed E-state index contributed by atoms with van der Waals surface area (Å²) in [6.45, 7) is 3.35. The Morgan fingerprint density at radius 3 is 2.61 bits per heavy atom. The van der Waals surface area contributed by atoms with Gasteiger partial charge in [-0.15, -0.1) is 0 Å². The summed E-state index contributed by atoms with van der Waals surface area (Å²) in [5, 5.41) is 0.545. The summed E-state index contributed by atoms with van der Waals surface area (Å²) >= 11 is 6.05. The van der Waals surface area contributed by atoms with E-state index in [1.54, 1.807) is 6.20 Å². The average Bonchev–Trinajstić information content (AvgIpc) is 2.39. The van der Waals surface area contributed by atoms with Crippen LogP contribution in [0.3, 0.4) is 0 Å². The molecule has 0 unspecified atom stereocenters. The van der Waals surface area contributed by atoms with Crippen LogP contribution in [0.2, 0.25) is 5.02 Å². The summed E-state index contributed by atoms with van der Waals surface area (Å²) in [6, 6.07) is 1.81. The van der Waals surface area contributed by atoms with Crippen molar-refractivity contribution in [1.29, 1.82) is 0 Å². The number of unbranched alkanes of at least 4 members (excludes halogenated alkanes) is 5. The first-order valence-electron chi connectivity index (χ1n) is 6.75. The quantitative estimate of drug-likeness (QED) is 0.692. The predicted molar refractivity (Wildman–Crippen MR) is 76.0 cm³/mol. The third kappa shape index (κ3) is 5.69. The van der Waals surface area contributed by atoms with Crippen molar-refractivity contribution in [1.82, 2.24) is 4.98 Å². The smallest absolute Gasteiger partial charge is 0.232 e. The summed E-state index contributed by atoms with van der Waals surface area (Å²) in [5.74, 6) is 0.516. The largest absolute Gasteiger partial charge is 0.477 e. The van der Waals surface area contributed by atoms with Crippen molar-refractivity contribution >= 4 is 11.6 Å². The Hall–Kier alpha value is -0.800. The van der Waals surface area contributed by atoms with E-state index in [0.717, 1.165) is 12.0 Å². The van der Waals surface area contributed by atoms with E-state index in [0.29, 0.717) is 24.1 Å². The summed E-state index contributed by atoms with van der Waals surface area (Å²) < 4.78 is 5.56. The van der Waals surface area contributed by atoms with Gasteiger partial charge in [0, 0.05) is 12.7 Å². The second-order valence-corrected chi connectivity index (χ2v) is 4.86. The molecule has 0 aliphatic heterocycles. The van der Waals surface area contributed by atoms with Crippen molar-refractivity contribution in [3.8, 4) is 5.88 Å². The monoisotopic (exact) mass is 270 g/mol. The number of hydrogen-bond acceptors (Lipinski definition) is 3. The Morgan fingerprint density at radius 1 is 1.22 bits per heavy atom. The SMILES string of the molecule is CCCCCCCCOc1ncc(CN)cc1Cl. The van der Waals surface area contributed by atoms with E-state index in [1.165, 1.54) is 32.1 Å². The van der Waals surface area contributed by atoms with Crippen molar-refractivity contribution in [2.24, 2.45) is 5.73 Å². The second kappa shape index (κ2) is 9.17. The molecule has 1 aromatic heterocycles. The van der Waals surface area contributed by atoms with Gasteiger partial charge in [0.05, 0.1) is 6.61 Å². The molecule has 0 aliphatic rings. The highest BCUT2D eigenvalue weighted by Gasteiger charge is 2.03. The van der Waals surface area contributed by atoms with Crippen LogP contribution < -0.4 is 10.5 Å². The van der Waals surface area contributed by atoms with Crippen LogP contribution in [0.1, 0.15) is 51.0 Å². The van der Waals surface area contributed by atoms with Crippen LogP contribution in [0.5, 0.6) is 5.88 Å². The molecule has 0 fully saturated rings. The molecule has 0 amide bonds. The molecule has 0 saturated carbocycles. The molecule has 0 aliphatic carbocycles. The fourth-order valence-electron chi connectivity index (χ4n) is 1.73. The molecule has 2 N–H and O–H groups in total. The lowest BCUT2D eigenvalue weighted by Crippen LogP contribution is -2.02. The van der Waals surface area contributed by atoms with Gasteiger partial charge in [-0.2, -0.15) is 0 Å². The molecule has 18 heavy (non-hydrogen) atoms. The van der Waals surface area contributed by atoms with E-state index < -0.39 is 0 Å². The minimum atomic E-state index is 0.449. The zero-order valence-electron chi connectivity index (χ0n) is 11.1. The van der Waals surface area contributed by atoms with Crippen molar-refractivity contribution in [2.45, 2.75) is 52.0 Å². The van der Waals surface area contributed by atoms with Gasteiger partial charge in [-0.1, -0.05) is 50.6 Å². The van der Waals surface area contributed by atoms with Gasteiger partial charge in [0.15, 0.2) is 0 Å². The van der Waals surface area contributed by atoms with Crippen molar-refractivity contribution in [3.05, 3.63) is 22.8 Å². The lowest BCUT2D eigenvalue weighted by molar-refractivity contribution is 0.293. The molecule has 0 atom stereocenters. The molecule has 1 rings (SSSR count). The third-order valence-corrected chi connectivity index (χ3v) is 3.11. The van der Waals surface area contributed by atoms with Gasteiger partial charge in [0.25, 0.3) is 0 Å². The van der Waals surface area contributed by atoms with Crippen LogP contribution in [0.4, 0.5) is 0 Å². The van der Waals surface area contributed by atoms with E-state index in [9.17, 15) is 0 Å². The topological polar surface area (TPSA) is 48.1 Å². The van der Waals surface area contributed by atoms with Crippen molar-refractivity contribution in [2.75, 3.05) is 6.61 Å². The average molecular weight is 271 g/mol. The standard InChI is InChI=1S/C14H23ClN2O/c1-2-3-4-5-6-7-8-18-14-13(15)9-12(10-16)11-17-14/h9,11H,2-8,10,16H2,1H3. The van der Waals surface area contributed by atoms with Gasteiger partial charge < -0.3 is 10.5 Å². The molecular weight excluding hydrogens is 248 g/mol. The third-order valence-electron chi connectivity index (χ3n) is 2.84. The molecule has 0 spiro atoms. The first-order valence-corrected chi connectivity index (χ1v) is 7.13. The summed E-state index contributed by atoms with van der Waals surface area (Å²) in [4.78, 5) is 4.16. The van der Waals surface area contributed by atoms with E-state index in [-0.39, 0.29) is 0 Å². The first-order chi connectivity index (χ1) is 8.77. The molecule has 102 valence electrons. The number of nitrogens with zero attached hydrogens (tertiary/aromatic N) is 1. The molecular formula is C14H23ClN2O. The van der Waals surface area contributed by atoms with Crippen LogP contribution in [0.15, 0.2) is 12.3 Å². The molecule has 3 nitrogen and oxygen atoms in total. The fourth-order valence-corrected chi connectivity index (χ4v) is 1.98. The van der Waals surface area contributed by atoms with Gasteiger partial charge in [0.2, 0.25) is 5.88 Å². The highest BCUT2D eigenvalue weighted by Crippen LogP contribution is 2.22. The first kappa shape index (κ1) is 15.3. The van der Waals surface area contributed by atoms with Crippen LogP contribution in [0, 0.1) is 0 Å². The van der Waals surface area contributed by atoms with Gasteiger partial charge in [-0.3, -0.25) is 0 Å². The fraction of sp³-hybridized carbons (Fsp3) is 0.643. The number of halogens is 1. The second-order valence-electron chi connectivity index (χ2n) is 4.45. The van der Waals surface area contributed by atoms with Crippen molar-refractivity contribution < 1.29 is 4.74 Å². The van der Waals surface area contributed by atoms with Crippen LogP contribution in [-0.2, 0) is 6.54 Å². The Bertz CT molecular complexity index is 345. The number of aromatic nitrogens is 1. The molecule has 0 bridgehead atoms. The zero-order valence-corrected chi connectivity index (χ0v) is 11.9. The predicted octanol–water partition coefficient (Wildman–Crippen LogP) is 3.93. The number of pyridine rings is 1. The van der Waals surface area contributed by atoms with E-state index >= 15 is 0 Å². The van der Waals surface area contributed by atoms with Crippen LogP contribution >= 0.6 is 11.6 Å². The maximum atomic E-state index is 6.05. The normalized spacial score (nSPS) is 10.6. The number of ether oxygens (including phenoxy) is 1. The highest BCUT2D eigenvalue weighted by molar-refractivity contribution is 6.31. The molecule has 1 aromatic rings. The maximum Gasteiger partial charge on any atom is 0.232 e. The van der Waals surface area contributed by atoms with Gasteiger partial charge in [-0.05, 0) is 18.1 Å². The Labute approximate surface area is 115 Å². The number of rotatable bonds is 9. The lowest BCUT2D eigenvalue weighted by atomic mass is 10.1. The molecule has 0 aromatic carbocycles. The summed E-state index contributed by atoms with van der Waals surface area (Å²) in [6.07, 6.45) is 9.19. The molecule has 0 radical (unpaired) electrons. The van der Waals surface area contributed by atoms with Crippen molar-refractivity contribution in [3.63, 3.8) is 0 Å². The number of hydrogen-bond donors (Lipinski definition) is 1. The van der Waals surface area contributed by atoms with E-state index in [4.69, 9.17) is 22.1 Å². The Morgan fingerprint density at radius 2 is 1.94 bits per heavy atom. The van der Waals surface area contributed by atoms with Crippen LogP contribution in [-0.4, -0.2) is 11.6 Å².